The van der Waals surface area contributed by atoms with Crippen LogP contribution in [0.4, 0.5) is 0 Å². The van der Waals surface area contributed by atoms with Crippen LogP contribution in [0.3, 0.4) is 0 Å². The van der Waals surface area contributed by atoms with Gasteiger partial charge in [-0.3, -0.25) is 4.99 Å². The van der Waals surface area contributed by atoms with Crippen molar-refractivity contribution < 1.29 is 0 Å². The van der Waals surface area contributed by atoms with Crippen molar-refractivity contribution in [2.75, 3.05) is 0 Å². The Morgan fingerprint density at radius 1 is 0.944 bits per heavy atom. The second-order valence-corrected chi connectivity index (χ2v) is 6.26. The van der Waals surface area contributed by atoms with E-state index in [2.05, 4.69) is 12.3 Å². The number of nitrogens with one attached hydrogen (secondary N) is 1. The van der Waals surface area contributed by atoms with Crippen molar-refractivity contribution in [3.05, 3.63) is 0 Å². The first-order valence-electron chi connectivity index (χ1n) is 7.84. The highest BCUT2D eigenvalue weighted by Gasteiger charge is 2.23. The van der Waals surface area contributed by atoms with Gasteiger partial charge < -0.3 is 5.43 Å². The molecule has 0 radical (unpaired) electrons. The molecule has 0 aliphatic heterocycles. The number of amidine groups is 1. The molecule has 2 saturated carbocycles. The molecule has 18 heavy (non-hydrogen) atoms. The Balaban J connectivity index is 1.93. The largest absolute Gasteiger partial charge is 0.312 e. The molecule has 3 nitrogen and oxygen atoms in total. The molecule has 0 heterocycles. The molecule has 0 amide bonds. The predicted molar refractivity (Wildman–Crippen MR) is 77.4 cm³/mol. The SMILES string of the molecule is CC1CCC(C(=NC2CCCCCC2)NN)CC1. The topological polar surface area (TPSA) is 50.4 Å². The predicted octanol–water partition coefficient (Wildman–Crippen LogP) is 3.40. The highest BCUT2D eigenvalue weighted by Crippen LogP contribution is 2.29. The molecule has 0 aromatic rings. The van der Waals surface area contributed by atoms with Gasteiger partial charge in [0, 0.05) is 5.92 Å². The Morgan fingerprint density at radius 3 is 2.11 bits per heavy atom. The summed E-state index contributed by atoms with van der Waals surface area (Å²) >= 11 is 0. The third kappa shape index (κ3) is 3.98. The van der Waals surface area contributed by atoms with Crippen molar-refractivity contribution in [3.8, 4) is 0 Å². The standard InChI is InChI=1S/C15H29N3/c1-12-8-10-13(11-9-12)15(18-16)17-14-6-4-2-3-5-7-14/h12-14H,2-11,16H2,1H3,(H,17,18). The molecule has 0 bridgehead atoms. The molecule has 2 aliphatic rings. The number of rotatable bonds is 2. The molecule has 0 unspecified atom stereocenters. The number of hydrazine groups is 1. The molecule has 0 spiro atoms. The number of nitrogens with two attached hydrogens (primary N) is 1. The lowest BCUT2D eigenvalue weighted by molar-refractivity contribution is 0.338. The van der Waals surface area contributed by atoms with Gasteiger partial charge in [-0.1, -0.05) is 45.4 Å². The zero-order chi connectivity index (χ0) is 12.8. The summed E-state index contributed by atoms with van der Waals surface area (Å²) in [5.74, 6) is 8.28. The Labute approximate surface area is 112 Å². The number of hydrogen-bond donors (Lipinski definition) is 2. The van der Waals surface area contributed by atoms with Gasteiger partial charge in [0.25, 0.3) is 0 Å². The first kappa shape index (κ1) is 13.9. The number of aliphatic imine (C=N–C) groups is 1. The minimum atomic E-state index is 0.526. The Hall–Kier alpha value is -0.570. The minimum absolute atomic E-state index is 0.526. The molecule has 104 valence electrons. The van der Waals surface area contributed by atoms with E-state index in [0.717, 1.165) is 11.8 Å². The average molecular weight is 251 g/mol. The first-order valence-corrected chi connectivity index (χ1v) is 7.84. The molecule has 0 saturated heterocycles. The maximum Gasteiger partial charge on any atom is 0.114 e. The average Bonchev–Trinajstić information content (AvgIpc) is 2.66. The minimum Gasteiger partial charge on any atom is -0.312 e. The third-order valence-electron chi connectivity index (χ3n) is 4.70. The Morgan fingerprint density at radius 2 is 1.56 bits per heavy atom. The van der Waals surface area contributed by atoms with Crippen molar-refractivity contribution in [2.24, 2.45) is 22.7 Å². The molecule has 2 aliphatic carbocycles. The van der Waals surface area contributed by atoms with E-state index in [-0.39, 0.29) is 0 Å². The van der Waals surface area contributed by atoms with E-state index in [1.807, 2.05) is 0 Å². The van der Waals surface area contributed by atoms with E-state index in [4.69, 9.17) is 10.8 Å². The Bertz CT molecular complexity index is 259. The van der Waals surface area contributed by atoms with Crippen LogP contribution >= 0.6 is 0 Å². The molecule has 2 fully saturated rings. The zero-order valence-electron chi connectivity index (χ0n) is 11.8. The molecule has 2 rings (SSSR count). The van der Waals surface area contributed by atoms with Crippen LogP contribution in [0.2, 0.25) is 0 Å². The van der Waals surface area contributed by atoms with E-state index in [1.54, 1.807) is 0 Å². The smallest absolute Gasteiger partial charge is 0.114 e. The van der Waals surface area contributed by atoms with Crippen LogP contribution in [-0.4, -0.2) is 11.9 Å². The van der Waals surface area contributed by atoms with Gasteiger partial charge >= 0.3 is 0 Å². The molecule has 3 N–H and O–H groups in total. The molecular weight excluding hydrogens is 222 g/mol. The summed E-state index contributed by atoms with van der Waals surface area (Å²) in [6.45, 7) is 2.36. The quantitative estimate of drug-likeness (QED) is 0.260. The van der Waals surface area contributed by atoms with Crippen molar-refractivity contribution in [3.63, 3.8) is 0 Å². The highest BCUT2D eigenvalue weighted by atomic mass is 15.3. The molecule has 0 atom stereocenters. The van der Waals surface area contributed by atoms with E-state index < -0.39 is 0 Å². The van der Waals surface area contributed by atoms with Gasteiger partial charge in [0.15, 0.2) is 0 Å². The number of hydrogen-bond acceptors (Lipinski definition) is 2. The third-order valence-corrected chi connectivity index (χ3v) is 4.70. The van der Waals surface area contributed by atoms with Crippen LogP contribution in [-0.2, 0) is 0 Å². The fraction of sp³-hybridized carbons (Fsp3) is 0.933. The van der Waals surface area contributed by atoms with Gasteiger partial charge in [-0.15, -0.1) is 0 Å². The van der Waals surface area contributed by atoms with Crippen LogP contribution in [0.25, 0.3) is 0 Å². The van der Waals surface area contributed by atoms with E-state index in [9.17, 15) is 0 Å². The Kier molecular flexibility index (Phi) is 5.48. The van der Waals surface area contributed by atoms with Crippen LogP contribution in [0, 0.1) is 11.8 Å². The van der Waals surface area contributed by atoms with E-state index in [1.165, 1.54) is 64.2 Å². The summed E-state index contributed by atoms with van der Waals surface area (Å²) in [6.07, 6.45) is 13.2. The second-order valence-electron chi connectivity index (χ2n) is 6.26. The van der Waals surface area contributed by atoms with Crippen LogP contribution in [0.1, 0.15) is 71.1 Å². The van der Waals surface area contributed by atoms with Gasteiger partial charge in [-0.2, -0.15) is 0 Å². The van der Waals surface area contributed by atoms with Gasteiger partial charge in [-0.05, 0) is 31.6 Å². The van der Waals surface area contributed by atoms with Gasteiger partial charge in [-0.25, -0.2) is 5.84 Å². The van der Waals surface area contributed by atoms with Gasteiger partial charge in [0.2, 0.25) is 0 Å². The normalized spacial score (nSPS) is 32.0. The zero-order valence-corrected chi connectivity index (χ0v) is 11.8. The van der Waals surface area contributed by atoms with Crippen molar-refractivity contribution >= 4 is 5.84 Å². The molecular formula is C15H29N3. The first-order chi connectivity index (χ1) is 8.79. The lowest BCUT2D eigenvalue weighted by atomic mass is 9.82. The van der Waals surface area contributed by atoms with Crippen LogP contribution in [0.5, 0.6) is 0 Å². The summed E-state index contributed by atoms with van der Waals surface area (Å²) in [5, 5.41) is 0. The van der Waals surface area contributed by atoms with Crippen molar-refractivity contribution in [2.45, 2.75) is 77.2 Å². The highest BCUT2D eigenvalue weighted by molar-refractivity contribution is 5.84. The van der Waals surface area contributed by atoms with E-state index in [0.29, 0.717) is 12.0 Å². The molecule has 0 aromatic carbocycles. The number of nitrogens with zero attached hydrogens (tertiary/aromatic N) is 1. The fourth-order valence-electron chi connectivity index (χ4n) is 3.38. The second kappa shape index (κ2) is 7.13. The summed E-state index contributed by atoms with van der Waals surface area (Å²) in [5.41, 5.74) is 2.90. The molecule has 3 heteroatoms. The van der Waals surface area contributed by atoms with Crippen molar-refractivity contribution in [1.82, 2.24) is 5.43 Å². The van der Waals surface area contributed by atoms with Crippen LogP contribution < -0.4 is 11.3 Å². The summed E-state index contributed by atoms with van der Waals surface area (Å²) in [6, 6.07) is 0.526. The van der Waals surface area contributed by atoms with Gasteiger partial charge in [0.05, 0.1) is 6.04 Å². The van der Waals surface area contributed by atoms with E-state index >= 15 is 0 Å². The summed E-state index contributed by atoms with van der Waals surface area (Å²) < 4.78 is 0. The summed E-state index contributed by atoms with van der Waals surface area (Å²) in [7, 11) is 0. The van der Waals surface area contributed by atoms with Gasteiger partial charge in [0.1, 0.15) is 5.84 Å². The maximum atomic E-state index is 5.71. The lowest BCUT2D eigenvalue weighted by Gasteiger charge is -2.27. The lowest BCUT2D eigenvalue weighted by Crippen LogP contribution is -2.38. The molecule has 0 aromatic heterocycles. The monoisotopic (exact) mass is 251 g/mol. The maximum absolute atomic E-state index is 5.71. The van der Waals surface area contributed by atoms with Crippen molar-refractivity contribution in [1.29, 1.82) is 0 Å². The summed E-state index contributed by atoms with van der Waals surface area (Å²) in [4.78, 5) is 4.94. The van der Waals surface area contributed by atoms with Crippen LogP contribution in [0.15, 0.2) is 4.99 Å². The fourth-order valence-corrected chi connectivity index (χ4v) is 3.38.